The third-order valence-electron chi connectivity index (χ3n) is 5.35. The normalized spacial score (nSPS) is 17.5. The van der Waals surface area contributed by atoms with Crippen molar-refractivity contribution in [3.05, 3.63) is 65.5 Å². The minimum absolute atomic E-state index is 0.0382. The highest BCUT2D eigenvalue weighted by Gasteiger charge is 2.27. The minimum Gasteiger partial charge on any atom is -0.349 e. The molecule has 0 bridgehead atoms. The van der Waals surface area contributed by atoms with Crippen molar-refractivity contribution in [2.24, 2.45) is 7.05 Å². The van der Waals surface area contributed by atoms with Gasteiger partial charge < -0.3 is 9.47 Å². The molecule has 134 valence electrons. The SMILES string of the molecule is Cc1ccccc1[C@@H]1CCCN(C(=O)c2cc(-c3cccn3C)n[nH]2)C1. The molecule has 0 radical (unpaired) electrons. The number of nitrogens with one attached hydrogen (secondary N) is 1. The molecule has 1 atom stereocenters. The van der Waals surface area contributed by atoms with E-state index in [4.69, 9.17) is 0 Å². The number of benzene rings is 1. The number of hydrogen-bond donors (Lipinski definition) is 1. The number of carbonyl (C=O) groups is 1. The molecular weight excluding hydrogens is 324 g/mol. The molecule has 1 aliphatic heterocycles. The van der Waals surface area contributed by atoms with E-state index in [1.165, 1.54) is 11.1 Å². The highest BCUT2D eigenvalue weighted by Crippen LogP contribution is 2.30. The third-order valence-corrected chi connectivity index (χ3v) is 5.35. The van der Waals surface area contributed by atoms with Gasteiger partial charge in [0.05, 0.1) is 5.69 Å². The van der Waals surface area contributed by atoms with E-state index in [9.17, 15) is 4.79 Å². The van der Waals surface area contributed by atoms with E-state index in [0.29, 0.717) is 11.6 Å². The van der Waals surface area contributed by atoms with Crippen molar-refractivity contribution >= 4 is 5.91 Å². The molecule has 5 heteroatoms. The number of aryl methyl sites for hydroxylation is 2. The molecule has 1 fully saturated rings. The molecule has 0 spiro atoms. The van der Waals surface area contributed by atoms with E-state index in [0.717, 1.165) is 37.3 Å². The zero-order valence-corrected chi connectivity index (χ0v) is 15.3. The Hall–Kier alpha value is -2.82. The number of likely N-dealkylation sites (tertiary alicyclic amines) is 1. The van der Waals surface area contributed by atoms with Crippen LogP contribution in [-0.4, -0.2) is 38.7 Å². The summed E-state index contributed by atoms with van der Waals surface area (Å²) in [6, 6.07) is 14.3. The molecule has 1 N–H and O–H groups in total. The Bertz CT molecular complexity index is 924. The predicted molar refractivity (Wildman–Crippen MR) is 102 cm³/mol. The zero-order valence-electron chi connectivity index (χ0n) is 15.3. The number of piperidine rings is 1. The fourth-order valence-corrected chi connectivity index (χ4v) is 3.92. The molecule has 1 amide bonds. The maximum absolute atomic E-state index is 13.0. The number of rotatable bonds is 3. The van der Waals surface area contributed by atoms with Crippen LogP contribution in [-0.2, 0) is 7.05 Å². The van der Waals surface area contributed by atoms with Gasteiger partial charge in [-0.2, -0.15) is 5.10 Å². The molecule has 1 aromatic carbocycles. The molecule has 4 rings (SSSR count). The number of aromatic amines is 1. The molecule has 26 heavy (non-hydrogen) atoms. The second-order valence-electron chi connectivity index (χ2n) is 7.12. The van der Waals surface area contributed by atoms with Crippen LogP contribution in [0.4, 0.5) is 0 Å². The monoisotopic (exact) mass is 348 g/mol. The lowest BCUT2D eigenvalue weighted by atomic mass is 9.88. The van der Waals surface area contributed by atoms with Gasteiger partial charge in [0.25, 0.3) is 5.91 Å². The van der Waals surface area contributed by atoms with Crippen molar-refractivity contribution in [2.45, 2.75) is 25.7 Å². The second-order valence-corrected chi connectivity index (χ2v) is 7.12. The van der Waals surface area contributed by atoms with Crippen LogP contribution in [0, 0.1) is 6.92 Å². The average molecular weight is 348 g/mol. The van der Waals surface area contributed by atoms with Crippen LogP contribution in [0.2, 0.25) is 0 Å². The summed E-state index contributed by atoms with van der Waals surface area (Å²) >= 11 is 0. The van der Waals surface area contributed by atoms with Crippen molar-refractivity contribution in [2.75, 3.05) is 13.1 Å². The van der Waals surface area contributed by atoms with E-state index < -0.39 is 0 Å². The Morgan fingerprint density at radius 3 is 2.85 bits per heavy atom. The van der Waals surface area contributed by atoms with Crippen molar-refractivity contribution in [3.63, 3.8) is 0 Å². The molecular formula is C21H24N4O. The van der Waals surface area contributed by atoms with Gasteiger partial charge in [0.2, 0.25) is 0 Å². The van der Waals surface area contributed by atoms with Gasteiger partial charge >= 0.3 is 0 Å². The topological polar surface area (TPSA) is 53.9 Å². The molecule has 1 saturated heterocycles. The number of H-pyrrole nitrogens is 1. The highest BCUT2D eigenvalue weighted by molar-refractivity contribution is 5.93. The highest BCUT2D eigenvalue weighted by atomic mass is 16.2. The van der Waals surface area contributed by atoms with Gasteiger partial charge in [0.1, 0.15) is 11.4 Å². The third kappa shape index (κ3) is 3.05. The second kappa shape index (κ2) is 6.83. The van der Waals surface area contributed by atoms with Crippen molar-refractivity contribution in [1.29, 1.82) is 0 Å². The number of carbonyl (C=O) groups excluding carboxylic acids is 1. The first-order valence-corrected chi connectivity index (χ1v) is 9.15. The quantitative estimate of drug-likeness (QED) is 0.784. The Morgan fingerprint density at radius 1 is 1.23 bits per heavy atom. The molecule has 0 saturated carbocycles. The predicted octanol–water partition coefficient (Wildman–Crippen LogP) is 3.74. The zero-order chi connectivity index (χ0) is 18.1. The minimum atomic E-state index is 0.0382. The van der Waals surface area contributed by atoms with Crippen LogP contribution in [0.15, 0.2) is 48.7 Å². The first-order chi connectivity index (χ1) is 12.6. The summed E-state index contributed by atoms with van der Waals surface area (Å²) in [5.41, 5.74) is 5.02. The van der Waals surface area contributed by atoms with Crippen LogP contribution in [0.5, 0.6) is 0 Å². The van der Waals surface area contributed by atoms with E-state index in [1.807, 2.05) is 40.9 Å². The molecule has 3 aromatic rings. The Kier molecular flexibility index (Phi) is 4.37. The lowest BCUT2D eigenvalue weighted by molar-refractivity contribution is 0.0701. The fraction of sp³-hybridized carbons (Fsp3) is 0.333. The van der Waals surface area contributed by atoms with E-state index in [2.05, 4.69) is 41.4 Å². The Balaban J connectivity index is 1.52. The molecule has 0 unspecified atom stereocenters. The summed E-state index contributed by atoms with van der Waals surface area (Å²) in [4.78, 5) is 14.9. The number of aromatic nitrogens is 3. The van der Waals surface area contributed by atoms with Crippen molar-refractivity contribution in [3.8, 4) is 11.4 Å². The average Bonchev–Trinajstić information content (AvgIpc) is 3.30. The van der Waals surface area contributed by atoms with Gasteiger partial charge in [0.15, 0.2) is 0 Å². The van der Waals surface area contributed by atoms with Gasteiger partial charge in [-0.05, 0) is 49.1 Å². The number of hydrogen-bond acceptors (Lipinski definition) is 2. The summed E-state index contributed by atoms with van der Waals surface area (Å²) in [6.45, 7) is 3.72. The molecule has 0 aliphatic carbocycles. The molecule has 5 nitrogen and oxygen atoms in total. The largest absolute Gasteiger partial charge is 0.349 e. The first kappa shape index (κ1) is 16.6. The lowest BCUT2D eigenvalue weighted by Gasteiger charge is -2.33. The van der Waals surface area contributed by atoms with Crippen molar-refractivity contribution in [1.82, 2.24) is 19.7 Å². The summed E-state index contributed by atoms with van der Waals surface area (Å²) in [7, 11) is 1.98. The first-order valence-electron chi connectivity index (χ1n) is 9.15. The number of amides is 1. The maximum atomic E-state index is 13.0. The van der Waals surface area contributed by atoms with Gasteiger partial charge in [-0.25, -0.2) is 0 Å². The van der Waals surface area contributed by atoms with Gasteiger partial charge in [-0.15, -0.1) is 0 Å². The maximum Gasteiger partial charge on any atom is 0.271 e. The summed E-state index contributed by atoms with van der Waals surface area (Å²) in [5, 5.41) is 7.26. The van der Waals surface area contributed by atoms with Crippen LogP contribution < -0.4 is 0 Å². The van der Waals surface area contributed by atoms with Crippen LogP contribution in [0.25, 0.3) is 11.4 Å². The summed E-state index contributed by atoms with van der Waals surface area (Å²) in [6.07, 6.45) is 4.14. The van der Waals surface area contributed by atoms with E-state index in [1.54, 1.807) is 0 Å². The van der Waals surface area contributed by atoms with Crippen LogP contribution >= 0.6 is 0 Å². The van der Waals surface area contributed by atoms with Crippen LogP contribution in [0.1, 0.15) is 40.4 Å². The van der Waals surface area contributed by atoms with Gasteiger partial charge in [-0.3, -0.25) is 9.89 Å². The summed E-state index contributed by atoms with van der Waals surface area (Å²) < 4.78 is 2.00. The molecule has 2 aromatic heterocycles. The van der Waals surface area contributed by atoms with Gasteiger partial charge in [-0.1, -0.05) is 24.3 Å². The standard InChI is InChI=1S/C21H24N4O/c1-15-7-3-4-9-17(15)16-8-5-12-25(14-16)21(26)19-13-18(22-23-19)20-10-6-11-24(20)2/h3-4,6-7,9-11,13,16H,5,8,12,14H2,1-2H3,(H,22,23)/t16-/m1/s1. The van der Waals surface area contributed by atoms with Crippen molar-refractivity contribution < 1.29 is 4.79 Å². The lowest BCUT2D eigenvalue weighted by Crippen LogP contribution is -2.39. The van der Waals surface area contributed by atoms with E-state index in [-0.39, 0.29) is 5.91 Å². The molecule has 3 heterocycles. The summed E-state index contributed by atoms with van der Waals surface area (Å²) in [5.74, 6) is 0.445. The molecule has 1 aliphatic rings. The number of nitrogens with zero attached hydrogens (tertiary/aromatic N) is 3. The smallest absolute Gasteiger partial charge is 0.271 e. The Morgan fingerprint density at radius 2 is 2.08 bits per heavy atom. The fourth-order valence-electron chi connectivity index (χ4n) is 3.92. The van der Waals surface area contributed by atoms with Gasteiger partial charge in [0, 0.05) is 32.3 Å². The Labute approximate surface area is 153 Å². The van der Waals surface area contributed by atoms with Crippen LogP contribution in [0.3, 0.4) is 0 Å². The van der Waals surface area contributed by atoms with E-state index >= 15 is 0 Å².